The second-order valence-electron chi connectivity index (χ2n) is 4.23. The molecule has 2 amide bonds. The molecule has 4 N–H and O–H groups in total. The number of rotatable bonds is 3. The zero-order chi connectivity index (χ0) is 11.4. The van der Waals surface area contributed by atoms with Crippen LogP contribution in [0.4, 0.5) is 4.79 Å². The average Bonchev–Trinajstić information content (AvgIpc) is 2.71. The van der Waals surface area contributed by atoms with Gasteiger partial charge in [0.2, 0.25) is 0 Å². The van der Waals surface area contributed by atoms with Crippen molar-refractivity contribution in [1.82, 2.24) is 10.6 Å². The summed E-state index contributed by atoms with van der Waals surface area (Å²) in [4.78, 5) is 14.9. The molecule has 0 aromatic heterocycles. The molecule has 0 radical (unpaired) electrons. The van der Waals surface area contributed by atoms with Crippen molar-refractivity contribution in [2.24, 2.45) is 16.6 Å². The lowest BCUT2D eigenvalue weighted by Gasteiger charge is -2.28. The van der Waals surface area contributed by atoms with Crippen molar-refractivity contribution in [3.05, 3.63) is 0 Å². The zero-order valence-electron chi connectivity index (χ0n) is 9.24. The summed E-state index contributed by atoms with van der Waals surface area (Å²) >= 11 is 1.79. The maximum atomic E-state index is 10.4. The van der Waals surface area contributed by atoms with Gasteiger partial charge in [-0.05, 0) is 18.8 Å². The molecular formula is C10H18N4OS. The molecule has 2 aliphatic rings. The van der Waals surface area contributed by atoms with Gasteiger partial charge in [-0.3, -0.25) is 4.99 Å². The number of amidine groups is 1. The summed E-state index contributed by atoms with van der Waals surface area (Å²) in [6.07, 6.45) is 3.95. The predicted molar refractivity (Wildman–Crippen MR) is 66.6 cm³/mol. The number of aliphatic imine (C=N–C) groups is 1. The highest BCUT2D eigenvalue weighted by Crippen LogP contribution is 2.32. The molecule has 5 nitrogen and oxygen atoms in total. The Bertz CT molecular complexity index is 295. The highest BCUT2D eigenvalue weighted by atomic mass is 32.2. The lowest BCUT2D eigenvalue weighted by molar-refractivity contribution is 0.249. The summed E-state index contributed by atoms with van der Waals surface area (Å²) in [7, 11) is 0. The third-order valence-corrected chi connectivity index (χ3v) is 4.18. The first-order valence-electron chi connectivity index (χ1n) is 5.73. The molecule has 2 atom stereocenters. The smallest absolute Gasteiger partial charge is 0.312 e. The minimum Gasteiger partial charge on any atom is -0.362 e. The molecule has 90 valence electrons. The zero-order valence-corrected chi connectivity index (χ0v) is 10.1. The summed E-state index contributed by atoms with van der Waals surface area (Å²) in [6.45, 7) is 1.10. The van der Waals surface area contributed by atoms with Crippen LogP contribution in [-0.4, -0.2) is 36.1 Å². The van der Waals surface area contributed by atoms with Crippen LogP contribution in [0.5, 0.6) is 0 Å². The molecule has 2 rings (SSSR count). The van der Waals surface area contributed by atoms with E-state index in [1.807, 2.05) is 0 Å². The van der Waals surface area contributed by atoms with Crippen molar-refractivity contribution < 1.29 is 4.79 Å². The van der Waals surface area contributed by atoms with E-state index < -0.39 is 6.03 Å². The fourth-order valence-corrected chi connectivity index (χ4v) is 3.43. The number of primary amides is 1. The van der Waals surface area contributed by atoms with Crippen LogP contribution in [0.1, 0.15) is 19.3 Å². The van der Waals surface area contributed by atoms with Gasteiger partial charge in [0.1, 0.15) is 0 Å². The Kier molecular flexibility index (Phi) is 3.93. The number of hydrogen-bond acceptors (Lipinski definition) is 3. The van der Waals surface area contributed by atoms with E-state index in [4.69, 9.17) is 5.73 Å². The Hall–Kier alpha value is -0.910. The maximum Gasteiger partial charge on any atom is 0.312 e. The predicted octanol–water partition coefficient (Wildman–Crippen LogP) is 0.516. The number of thioether (sulfide) groups is 1. The number of carbonyl (C=O) groups excluding carboxylic acids is 1. The molecule has 0 spiro atoms. The van der Waals surface area contributed by atoms with Gasteiger partial charge < -0.3 is 16.4 Å². The number of fused-ring (bicyclic) bond motifs is 1. The molecule has 2 fully saturated rings. The molecule has 16 heavy (non-hydrogen) atoms. The van der Waals surface area contributed by atoms with Gasteiger partial charge in [-0.1, -0.05) is 18.2 Å². The molecule has 0 bridgehead atoms. The van der Waals surface area contributed by atoms with Crippen LogP contribution in [-0.2, 0) is 0 Å². The van der Waals surface area contributed by atoms with Gasteiger partial charge in [0.05, 0.1) is 6.54 Å². The van der Waals surface area contributed by atoms with E-state index in [0.717, 1.165) is 11.1 Å². The van der Waals surface area contributed by atoms with Crippen molar-refractivity contribution in [3.63, 3.8) is 0 Å². The minimum absolute atomic E-state index is 0.486. The SMILES string of the molecule is NC(=O)NCCN=C1NC2CCCC2CS1. The molecule has 2 unspecified atom stereocenters. The molecule has 1 saturated heterocycles. The second kappa shape index (κ2) is 5.43. The van der Waals surface area contributed by atoms with E-state index in [1.165, 1.54) is 25.0 Å². The topological polar surface area (TPSA) is 79.5 Å². The summed E-state index contributed by atoms with van der Waals surface area (Å²) in [6, 6.07) is 0.143. The highest BCUT2D eigenvalue weighted by molar-refractivity contribution is 8.13. The van der Waals surface area contributed by atoms with Gasteiger partial charge in [-0.15, -0.1) is 0 Å². The number of nitrogens with two attached hydrogens (primary N) is 1. The minimum atomic E-state index is -0.486. The Morgan fingerprint density at radius 3 is 3.31 bits per heavy atom. The highest BCUT2D eigenvalue weighted by Gasteiger charge is 2.31. The van der Waals surface area contributed by atoms with E-state index in [0.29, 0.717) is 19.1 Å². The number of amides is 2. The fourth-order valence-electron chi connectivity index (χ4n) is 2.24. The summed E-state index contributed by atoms with van der Waals surface area (Å²) in [5.41, 5.74) is 4.96. The van der Waals surface area contributed by atoms with E-state index >= 15 is 0 Å². The standard InChI is InChI=1S/C10H18N4OS/c11-9(15)12-4-5-13-10-14-8-3-1-2-7(8)6-16-10/h7-8H,1-6H2,(H,13,14)(H3,11,12,15). The van der Waals surface area contributed by atoms with Gasteiger partial charge >= 0.3 is 6.03 Å². The number of carbonyl (C=O) groups is 1. The Labute approximate surface area is 99.6 Å². The lowest BCUT2D eigenvalue weighted by atomic mass is 10.1. The van der Waals surface area contributed by atoms with Gasteiger partial charge in [0, 0.05) is 18.3 Å². The molecular weight excluding hydrogens is 224 g/mol. The number of urea groups is 1. The Balaban J connectivity index is 1.73. The molecule has 1 heterocycles. The van der Waals surface area contributed by atoms with Crippen molar-refractivity contribution in [2.45, 2.75) is 25.3 Å². The Morgan fingerprint density at radius 1 is 1.62 bits per heavy atom. The average molecular weight is 242 g/mol. The van der Waals surface area contributed by atoms with Crippen LogP contribution < -0.4 is 16.4 Å². The lowest BCUT2D eigenvalue weighted by Crippen LogP contribution is -2.42. The van der Waals surface area contributed by atoms with Crippen LogP contribution in [0, 0.1) is 5.92 Å². The van der Waals surface area contributed by atoms with Crippen LogP contribution >= 0.6 is 11.8 Å². The van der Waals surface area contributed by atoms with Crippen molar-refractivity contribution >= 4 is 23.0 Å². The first kappa shape index (κ1) is 11.6. The van der Waals surface area contributed by atoms with E-state index in [2.05, 4.69) is 15.6 Å². The van der Waals surface area contributed by atoms with Gasteiger partial charge in [-0.2, -0.15) is 0 Å². The second-order valence-corrected chi connectivity index (χ2v) is 5.24. The van der Waals surface area contributed by atoms with Gasteiger partial charge in [-0.25, -0.2) is 4.79 Å². The molecule has 1 aliphatic heterocycles. The van der Waals surface area contributed by atoms with Crippen LogP contribution in [0.15, 0.2) is 4.99 Å². The Morgan fingerprint density at radius 2 is 2.50 bits per heavy atom. The molecule has 1 saturated carbocycles. The summed E-state index contributed by atoms with van der Waals surface area (Å²) in [5.74, 6) is 2.01. The summed E-state index contributed by atoms with van der Waals surface area (Å²) < 4.78 is 0. The third kappa shape index (κ3) is 3.04. The first-order chi connectivity index (χ1) is 7.75. The largest absolute Gasteiger partial charge is 0.362 e. The number of nitrogens with one attached hydrogen (secondary N) is 2. The van der Waals surface area contributed by atoms with Gasteiger partial charge in [0.25, 0.3) is 0 Å². The van der Waals surface area contributed by atoms with Crippen molar-refractivity contribution in [3.8, 4) is 0 Å². The molecule has 1 aliphatic carbocycles. The third-order valence-electron chi connectivity index (χ3n) is 3.07. The van der Waals surface area contributed by atoms with E-state index in [1.54, 1.807) is 11.8 Å². The van der Waals surface area contributed by atoms with Crippen LogP contribution in [0.2, 0.25) is 0 Å². The number of nitrogens with zero attached hydrogens (tertiary/aromatic N) is 1. The quantitative estimate of drug-likeness (QED) is 0.631. The van der Waals surface area contributed by atoms with Crippen LogP contribution in [0.25, 0.3) is 0 Å². The van der Waals surface area contributed by atoms with E-state index in [-0.39, 0.29) is 0 Å². The summed E-state index contributed by atoms with van der Waals surface area (Å²) in [5, 5.41) is 7.02. The molecule has 6 heteroatoms. The van der Waals surface area contributed by atoms with Crippen molar-refractivity contribution in [1.29, 1.82) is 0 Å². The maximum absolute atomic E-state index is 10.4. The fraction of sp³-hybridized carbons (Fsp3) is 0.800. The monoisotopic (exact) mass is 242 g/mol. The molecule has 0 aromatic carbocycles. The van der Waals surface area contributed by atoms with E-state index in [9.17, 15) is 4.79 Å². The normalized spacial score (nSPS) is 30.9. The van der Waals surface area contributed by atoms with Crippen molar-refractivity contribution in [2.75, 3.05) is 18.8 Å². The van der Waals surface area contributed by atoms with Crippen LogP contribution in [0.3, 0.4) is 0 Å². The molecule has 0 aromatic rings. The first-order valence-corrected chi connectivity index (χ1v) is 6.71. The van der Waals surface area contributed by atoms with Gasteiger partial charge in [0.15, 0.2) is 5.17 Å². The number of hydrogen-bond donors (Lipinski definition) is 3.